The number of likely N-dealkylation sites (tertiary alicyclic amines) is 4. The Kier molecular flexibility index (Phi) is 11.7. The molecule has 3 aromatic carbocycles. The van der Waals surface area contributed by atoms with Crippen molar-refractivity contribution in [3.63, 3.8) is 0 Å². The number of rotatable bonds is 9. The molecule has 4 saturated heterocycles. The second-order valence-corrected chi connectivity index (χ2v) is 16.8. The Morgan fingerprint density at radius 1 is 0.685 bits per heavy atom. The predicted molar refractivity (Wildman–Crippen MR) is 219 cm³/mol. The topological polar surface area (TPSA) is 82.1 Å². The molecule has 4 aliphatic rings. The molecule has 2 atom stereocenters. The van der Waals surface area contributed by atoms with Crippen LogP contribution in [0.25, 0.3) is 31.8 Å². The molecule has 0 spiro atoms. The average molecular weight is 763 g/mol. The van der Waals surface area contributed by atoms with E-state index in [4.69, 9.17) is 4.74 Å². The van der Waals surface area contributed by atoms with Gasteiger partial charge in [-0.2, -0.15) is 0 Å². The van der Waals surface area contributed by atoms with Crippen LogP contribution >= 0.6 is 22.9 Å². The van der Waals surface area contributed by atoms with Crippen molar-refractivity contribution in [2.75, 3.05) is 59.5 Å². The first-order valence-corrected chi connectivity index (χ1v) is 21.3. The first kappa shape index (κ1) is 36.8. The molecule has 5 aromatic rings. The van der Waals surface area contributed by atoms with Gasteiger partial charge in [0.15, 0.2) is 0 Å². The summed E-state index contributed by atoms with van der Waals surface area (Å²) in [6, 6.07) is 25.1. The van der Waals surface area contributed by atoms with Crippen molar-refractivity contribution >= 4 is 44.8 Å². The van der Waals surface area contributed by atoms with E-state index in [0.29, 0.717) is 12.1 Å². The normalized spacial score (nSPS) is 20.5. The fraction of sp³-hybridized carbons (Fsp3) is 0.442. The number of aromatic nitrogens is 2. The van der Waals surface area contributed by atoms with E-state index in [1.807, 2.05) is 47.8 Å². The van der Waals surface area contributed by atoms with Crippen molar-refractivity contribution in [3.05, 3.63) is 89.3 Å². The maximum atomic E-state index is 13.2. The van der Waals surface area contributed by atoms with Crippen LogP contribution in [0.2, 0.25) is 0 Å². The molecular formula is C43H50N6O3S2. The van der Waals surface area contributed by atoms with E-state index in [1.54, 1.807) is 18.4 Å². The molecule has 9 nitrogen and oxygen atoms in total. The van der Waals surface area contributed by atoms with Gasteiger partial charge in [-0.3, -0.25) is 9.59 Å². The molecule has 0 saturated carbocycles. The van der Waals surface area contributed by atoms with Crippen molar-refractivity contribution in [2.45, 2.75) is 63.5 Å². The second-order valence-electron chi connectivity index (χ2n) is 15.1. The molecule has 0 N–H and O–H groups in total. The summed E-state index contributed by atoms with van der Waals surface area (Å²) in [5.74, 6) is 1.23. The van der Waals surface area contributed by atoms with Crippen molar-refractivity contribution in [3.8, 4) is 27.4 Å². The minimum atomic E-state index is 0.166. The highest BCUT2D eigenvalue weighted by atomic mass is 32.1. The summed E-state index contributed by atoms with van der Waals surface area (Å²) in [6.07, 6.45) is 9.69. The van der Waals surface area contributed by atoms with E-state index < -0.39 is 0 Å². The first-order chi connectivity index (χ1) is 26.5. The fourth-order valence-corrected chi connectivity index (χ4v) is 10.1. The zero-order valence-electron chi connectivity index (χ0n) is 31.2. The lowest BCUT2D eigenvalue weighted by Crippen LogP contribution is -2.42. The number of amides is 2. The van der Waals surface area contributed by atoms with Crippen LogP contribution in [-0.2, 0) is 0 Å². The molecule has 0 aliphatic carbocycles. The molecule has 4 fully saturated rings. The smallest absolute Gasteiger partial charge is 0.254 e. The number of hydrogen-bond acceptors (Lipinski definition) is 9. The van der Waals surface area contributed by atoms with Crippen LogP contribution in [0.3, 0.4) is 0 Å². The molecule has 54 heavy (non-hydrogen) atoms. The lowest BCUT2D eigenvalue weighted by molar-refractivity contribution is 0.0701. The van der Waals surface area contributed by atoms with Gasteiger partial charge in [0.25, 0.3) is 11.8 Å². The summed E-state index contributed by atoms with van der Waals surface area (Å²) in [4.78, 5) is 36.5. The van der Waals surface area contributed by atoms with E-state index in [2.05, 4.69) is 59.5 Å². The molecule has 2 amide bonds. The Balaban J connectivity index is 0.000000157. The minimum Gasteiger partial charge on any atom is -0.497 e. The number of carbonyl (C=O) groups is 2. The van der Waals surface area contributed by atoms with Crippen LogP contribution in [0.4, 0.5) is 0 Å². The summed E-state index contributed by atoms with van der Waals surface area (Å²) >= 11 is 3.10. The number of hydrogen-bond donors (Lipinski definition) is 0. The van der Waals surface area contributed by atoms with Crippen molar-refractivity contribution < 1.29 is 14.3 Å². The summed E-state index contributed by atoms with van der Waals surface area (Å²) in [6.45, 7) is 8.60. The third-order valence-electron chi connectivity index (χ3n) is 11.5. The van der Waals surface area contributed by atoms with Crippen LogP contribution in [0, 0.1) is 0 Å². The highest BCUT2D eigenvalue weighted by Gasteiger charge is 2.32. The molecule has 2 aromatic heterocycles. The third kappa shape index (κ3) is 8.39. The predicted octanol–water partition coefficient (Wildman–Crippen LogP) is 8.18. The first-order valence-electron chi connectivity index (χ1n) is 19.6. The molecule has 11 heteroatoms. The zero-order chi connectivity index (χ0) is 36.9. The second kappa shape index (κ2) is 17.1. The van der Waals surface area contributed by atoms with Gasteiger partial charge in [0, 0.05) is 69.9 Å². The number of benzene rings is 3. The molecule has 0 radical (unpaired) electrons. The molecule has 282 valence electrons. The van der Waals surface area contributed by atoms with Gasteiger partial charge in [0.1, 0.15) is 11.4 Å². The van der Waals surface area contributed by atoms with Crippen molar-refractivity contribution in [1.29, 1.82) is 0 Å². The number of carbonyl (C=O) groups excluding carboxylic acids is 2. The van der Waals surface area contributed by atoms with Crippen LogP contribution < -0.4 is 4.74 Å². The summed E-state index contributed by atoms with van der Waals surface area (Å²) < 4.78 is 10.4. The SMILES string of the molecule is COc1ccc2cc(-c3ccc(C(=O)N4CCCC4CN4CCCC4)cc3)sc2c1.O=C(c1ccc(-c2csnn2)cc1)N1CCC[C@H]1CN1CCCC1. The van der Waals surface area contributed by atoms with Crippen LogP contribution in [-0.4, -0.2) is 113 Å². The van der Waals surface area contributed by atoms with Crippen LogP contribution in [0.1, 0.15) is 72.1 Å². The summed E-state index contributed by atoms with van der Waals surface area (Å²) in [7, 11) is 1.70. The van der Waals surface area contributed by atoms with Gasteiger partial charge in [-0.1, -0.05) is 28.8 Å². The van der Waals surface area contributed by atoms with Gasteiger partial charge in [-0.05, 0) is 149 Å². The number of fused-ring (bicyclic) bond motifs is 1. The largest absolute Gasteiger partial charge is 0.497 e. The highest BCUT2D eigenvalue weighted by molar-refractivity contribution is 7.22. The summed E-state index contributed by atoms with van der Waals surface area (Å²) in [5.41, 5.74) is 4.61. The van der Waals surface area contributed by atoms with Gasteiger partial charge in [0.2, 0.25) is 0 Å². The Bertz CT molecular complexity index is 2000. The van der Waals surface area contributed by atoms with Gasteiger partial charge in [-0.15, -0.1) is 16.4 Å². The molecule has 4 aliphatic heterocycles. The van der Waals surface area contributed by atoms with E-state index in [-0.39, 0.29) is 11.8 Å². The highest BCUT2D eigenvalue weighted by Crippen LogP contribution is 2.36. The monoisotopic (exact) mass is 762 g/mol. The lowest BCUT2D eigenvalue weighted by atomic mass is 10.1. The molecular weight excluding hydrogens is 713 g/mol. The minimum absolute atomic E-state index is 0.166. The molecule has 1 unspecified atom stereocenters. The van der Waals surface area contributed by atoms with Gasteiger partial charge in [0.05, 0.1) is 7.11 Å². The van der Waals surface area contributed by atoms with Crippen molar-refractivity contribution in [1.82, 2.24) is 29.2 Å². The maximum absolute atomic E-state index is 13.2. The fourth-order valence-electron chi connectivity index (χ4n) is 8.58. The average Bonchev–Trinajstić information content (AvgIpc) is 4.07. The quantitative estimate of drug-likeness (QED) is 0.150. The van der Waals surface area contributed by atoms with Gasteiger partial charge >= 0.3 is 0 Å². The Morgan fingerprint density at radius 3 is 1.76 bits per heavy atom. The van der Waals surface area contributed by atoms with E-state index >= 15 is 0 Å². The number of methoxy groups -OCH3 is 1. The standard InChI is InChI=1S/C25H28N2O2S.C18H22N4OS/c1-29-22-11-10-20-15-23(30-24(20)16-22)18-6-8-19(9-7-18)25(28)27-14-4-5-21(27)17-26-12-2-3-13-26;23-18(15-7-5-14(6-8-15)17-13-24-20-19-17)22-11-3-4-16(22)12-21-9-1-2-10-21/h6-11,15-16,21H,2-5,12-14,17H2,1H3;5-8,13,16H,1-4,9-12H2/t;16-/m.0/s1. The Hall–Kier alpha value is -4.16. The molecule has 6 heterocycles. The molecule has 0 bridgehead atoms. The number of ether oxygens (including phenoxy) is 1. The molecule has 9 rings (SSSR count). The Labute approximate surface area is 326 Å². The lowest BCUT2D eigenvalue weighted by Gasteiger charge is -2.28. The van der Waals surface area contributed by atoms with E-state index in [9.17, 15) is 9.59 Å². The van der Waals surface area contributed by atoms with Crippen molar-refractivity contribution in [2.24, 2.45) is 0 Å². The third-order valence-corrected chi connectivity index (χ3v) is 13.2. The number of nitrogens with zero attached hydrogens (tertiary/aromatic N) is 6. The Morgan fingerprint density at radius 2 is 1.24 bits per heavy atom. The van der Waals surface area contributed by atoms with E-state index in [1.165, 1.54) is 78.4 Å². The van der Waals surface area contributed by atoms with Gasteiger partial charge in [-0.25, -0.2) is 0 Å². The maximum Gasteiger partial charge on any atom is 0.254 e. The van der Waals surface area contributed by atoms with E-state index in [0.717, 1.165) is 85.6 Å². The zero-order valence-corrected chi connectivity index (χ0v) is 32.8. The van der Waals surface area contributed by atoms with Crippen LogP contribution in [0.15, 0.2) is 78.2 Å². The van der Waals surface area contributed by atoms with Gasteiger partial charge < -0.3 is 24.3 Å². The summed E-state index contributed by atoms with van der Waals surface area (Å²) in [5, 5.41) is 7.22. The van der Waals surface area contributed by atoms with Crippen LogP contribution in [0.5, 0.6) is 5.75 Å². The number of thiophene rings is 1.